The van der Waals surface area contributed by atoms with Crippen LogP contribution in [0.25, 0.3) is 0 Å². The minimum absolute atomic E-state index is 0.0541. The molecule has 0 heterocycles. The zero-order valence-corrected chi connectivity index (χ0v) is 9.06. The van der Waals surface area contributed by atoms with Gasteiger partial charge >= 0.3 is 5.97 Å². The Morgan fingerprint density at radius 2 is 2.07 bits per heavy atom. The standard InChI is InChI=1S/C11H17NO3/c1-3-4-5-6-10(13)12-8-9(2)7-11(14)15/h3-6,9H,7-8H2,1-2H3,(H,12,13)(H,14,15)/b4-3+,6-5?. The summed E-state index contributed by atoms with van der Waals surface area (Å²) < 4.78 is 0. The highest BCUT2D eigenvalue weighted by atomic mass is 16.4. The summed E-state index contributed by atoms with van der Waals surface area (Å²) in [5, 5.41) is 11.1. The smallest absolute Gasteiger partial charge is 0.303 e. The number of amides is 1. The van der Waals surface area contributed by atoms with Crippen LogP contribution >= 0.6 is 0 Å². The van der Waals surface area contributed by atoms with Gasteiger partial charge in [0.25, 0.3) is 0 Å². The molecule has 0 aromatic carbocycles. The van der Waals surface area contributed by atoms with E-state index in [4.69, 9.17) is 5.11 Å². The van der Waals surface area contributed by atoms with Crippen LogP contribution in [0.15, 0.2) is 24.3 Å². The van der Waals surface area contributed by atoms with E-state index >= 15 is 0 Å². The van der Waals surface area contributed by atoms with Crippen molar-refractivity contribution in [2.45, 2.75) is 20.3 Å². The molecule has 0 bridgehead atoms. The largest absolute Gasteiger partial charge is 0.481 e. The third-order valence-corrected chi connectivity index (χ3v) is 1.70. The van der Waals surface area contributed by atoms with E-state index in [1.54, 1.807) is 19.1 Å². The van der Waals surface area contributed by atoms with Crippen LogP contribution in [0.2, 0.25) is 0 Å². The zero-order chi connectivity index (χ0) is 11.7. The Morgan fingerprint density at radius 1 is 1.40 bits per heavy atom. The first-order valence-electron chi connectivity index (χ1n) is 4.85. The lowest BCUT2D eigenvalue weighted by Gasteiger charge is -2.08. The van der Waals surface area contributed by atoms with Crippen molar-refractivity contribution in [3.8, 4) is 0 Å². The number of hydrogen-bond acceptors (Lipinski definition) is 2. The lowest BCUT2D eigenvalue weighted by molar-refractivity contribution is -0.138. The third kappa shape index (κ3) is 8.74. The van der Waals surface area contributed by atoms with Gasteiger partial charge in [0, 0.05) is 19.0 Å². The number of rotatable bonds is 6. The average Bonchev–Trinajstić information content (AvgIpc) is 2.14. The quantitative estimate of drug-likeness (QED) is 0.514. The van der Waals surface area contributed by atoms with Crippen molar-refractivity contribution in [2.24, 2.45) is 5.92 Å². The highest BCUT2D eigenvalue weighted by molar-refractivity contribution is 5.87. The summed E-state index contributed by atoms with van der Waals surface area (Å²) in [5.74, 6) is -1.10. The van der Waals surface area contributed by atoms with Crippen molar-refractivity contribution in [2.75, 3.05) is 6.54 Å². The van der Waals surface area contributed by atoms with Crippen molar-refractivity contribution in [3.63, 3.8) is 0 Å². The van der Waals surface area contributed by atoms with Crippen molar-refractivity contribution in [1.29, 1.82) is 0 Å². The van der Waals surface area contributed by atoms with E-state index in [2.05, 4.69) is 5.32 Å². The van der Waals surface area contributed by atoms with Crippen LogP contribution in [-0.2, 0) is 9.59 Å². The first-order chi connectivity index (χ1) is 7.06. The monoisotopic (exact) mass is 211 g/mol. The van der Waals surface area contributed by atoms with Crippen LogP contribution in [0, 0.1) is 5.92 Å². The molecule has 4 heteroatoms. The van der Waals surface area contributed by atoms with Gasteiger partial charge < -0.3 is 10.4 Å². The van der Waals surface area contributed by atoms with Crippen LogP contribution < -0.4 is 5.32 Å². The van der Waals surface area contributed by atoms with Crippen molar-refractivity contribution < 1.29 is 14.7 Å². The zero-order valence-electron chi connectivity index (χ0n) is 9.06. The highest BCUT2D eigenvalue weighted by Crippen LogP contribution is 1.98. The van der Waals surface area contributed by atoms with Crippen LogP contribution in [0.4, 0.5) is 0 Å². The second-order valence-corrected chi connectivity index (χ2v) is 3.33. The molecule has 1 atom stereocenters. The van der Waals surface area contributed by atoms with Crippen molar-refractivity contribution in [3.05, 3.63) is 24.3 Å². The molecule has 0 spiro atoms. The van der Waals surface area contributed by atoms with E-state index in [-0.39, 0.29) is 18.2 Å². The van der Waals surface area contributed by atoms with E-state index in [0.717, 1.165) is 0 Å². The summed E-state index contributed by atoms with van der Waals surface area (Å²) in [7, 11) is 0. The Hall–Kier alpha value is -1.58. The molecule has 0 radical (unpaired) electrons. The first-order valence-corrected chi connectivity index (χ1v) is 4.85. The van der Waals surface area contributed by atoms with Gasteiger partial charge in [0.2, 0.25) is 5.91 Å². The molecule has 84 valence electrons. The fourth-order valence-electron chi connectivity index (χ4n) is 0.958. The van der Waals surface area contributed by atoms with E-state index in [9.17, 15) is 9.59 Å². The highest BCUT2D eigenvalue weighted by Gasteiger charge is 2.07. The minimum atomic E-state index is -0.846. The molecular formula is C11H17NO3. The van der Waals surface area contributed by atoms with Gasteiger partial charge in [-0.1, -0.05) is 25.2 Å². The molecule has 0 fully saturated rings. The second-order valence-electron chi connectivity index (χ2n) is 3.33. The number of allylic oxidation sites excluding steroid dienone is 3. The molecule has 4 nitrogen and oxygen atoms in total. The summed E-state index contributed by atoms with van der Waals surface area (Å²) in [6.07, 6.45) is 6.68. The Kier molecular flexibility index (Phi) is 6.97. The van der Waals surface area contributed by atoms with Crippen molar-refractivity contribution >= 4 is 11.9 Å². The van der Waals surface area contributed by atoms with Gasteiger partial charge in [0.05, 0.1) is 0 Å². The Balaban J connectivity index is 3.75. The number of nitrogens with one attached hydrogen (secondary N) is 1. The molecule has 0 aliphatic carbocycles. The van der Waals surface area contributed by atoms with Gasteiger partial charge in [-0.3, -0.25) is 9.59 Å². The lowest BCUT2D eigenvalue weighted by Crippen LogP contribution is -2.27. The Bertz CT molecular complexity index is 269. The van der Waals surface area contributed by atoms with Gasteiger partial charge in [-0.25, -0.2) is 0 Å². The second kappa shape index (κ2) is 7.79. The normalized spacial score (nSPS) is 13.2. The fraction of sp³-hybridized carbons (Fsp3) is 0.455. The lowest BCUT2D eigenvalue weighted by atomic mass is 10.1. The Morgan fingerprint density at radius 3 is 2.60 bits per heavy atom. The van der Waals surface area contributed by atoms with E-state index in [0.29, 0.717) is 6.54 Å². The minimum Gasteiger partial charge on any atom is -0.481 e. The van der Waals surface area contributed by atoms with Gasteiger partial charge in [-0.05, 0) is 12.8 Å². The summed E-state index contributed by atoms with van der Waals surface area (Å²) in [6.45, 7) is 4.02. The number of carboxylic acid groups (broad SMARTS) is 1. The van der Waals surface area contributed by atoms with Gasteiger partial charge in [0.1, 0.15) is 0 Å². The molecule has 0 aliphatic heterocycles. The SMILES string of the molecule is C/C=C/C=CC(=O)NCC(C)CC(=O)O. The number of aliphatic carboxylic acids is 1. The molecule has 15 heavy (non-hydrogen) atoms. The first kappa shape index (κ1) is 13.4. The molecule has 1 amide bonds. The molecule has 1 unspecified atom stereocenters. The maximum atomic E-state index is 11.1. The average molecular weight is 211 g/mol. The number of carbonyl (C=O) groups excluding carboxylic acids is 1. The van der Waals surface area contributed by atoms with Crippen LogP contribution in [0.3, 0.4) is 0 Å². The van der Waals surface area contributed by atoms with E-state index in [1.165, 1.54) is 6.08 Å². The molecule has 2 N–H and O–H groups in total. The molecule has 0 saturated heterocycles. The van der Waals surface area contributed by atoms with Gasteiger partial charge in [0.15, 0.2) is 0 Å². The predicted octanol–water partition coefficient (Wildman–Crippen LogP) is 1.35. The molecule has 0 aromatic heterocycles. The Labute approximate surface area is 89.7 Å². The van der Waals surface area contributed by atoms with Crippen LogP contribution in [0.1, 0.15) is 20.3 Å². The molecule has 0 aromatic rings. The topological polar surface area (TPSA) is 66.4 Å². The van der Waals surface area contributed by atoms with Gasteiger partial charge in [-0.2, -0.15) is 0 Å². The molecule has 0 aliphatic rings. The maximum Gasteiger partial charge on any atom is 0.303 e. The maximum absolute atomic E-state index is 11.1. The summed E-state index contributed by atoms with van der Waals surface area (Å²) in [6, 6.07) is 0. The summed E-state index contributed by atoms with van der Waals surface area (Å²) >= 11 is 0. The number of carbonyl (C=O) groups is 2. The number of hydrogen-bond donors (Lipinski definition) is 2. The van der Waals surface area contributed by atoms with E-state index < -0.39 is 5.97 Å². The predicted molar refractivity (Wildman–Crippen MR) is 58.4 cm³/mol. The van der Waals surface area contributed by atoms with E-state index in [1.807, 2.05) is 13.0 Å². The summed E-state index contributed by atoms with van der Waals surface area (Å²) in [5.41, 5.74) is 0. The van der Waals surface area contributed by atoms with Gasteiger partial charge in [-0.15, -0.1) is 0 Å². The van der Waals surface area contributed by atoms with Crippen molar-refractivity contribution in [1.82, 2.24) is 5.32 Å². The molecular weight excluding hydrogens is 194 g/mol. The van der Waals surface area contributed by atoms with Crippen LogP contribution in [-0.4, -0.2) is 23.5 Å². The fourth-order valence-corrected chi connectivity index (χ4v) is 0.958. The third-order valence-electron chi connectivity index (χ3n) is 1.70. The summed E-state index contributed by atoms with van der Waals surface area (Å²) in [4.78, 5) is 21.5. The molecule has 0 rings (SSSR count). The molecule has 0 saturated carbocycles. The number of carboxylic acids is 1. The van der Waals surface area contributed by atoms with Crippen LogP contribution in [0.5, 0.6) is 0 Å².